The van der Waals surface area contributed by atoms with Gasteiger partial charge in [0.1, 0.15) is 17.3 Å². The van der Waals surface area contributed by atoms with Crippen LogP contribution in [0.25, 0.3) is 5.76 Å². The molecule has 4 rings (SSSR count). The third-order valence-corrected chi connectivity index (χ3v) is 6.07. The molecule has 1 aromatic heterocycles. The van der Waals surface area contributed by atoms with Gasteiger partial charge in [-0.1, -0.05) is 29.8 Å². The van der Waals surface area contributed by atoms with Crippen molar-refractivity contribution < 1.29 is 24.2 Å². The Morgan fingerprint density at radius 1 is 1.09 bits per heavy atom. The number of halogens is 1. The highest BCUT2D eigenvalue weighted by molar-refractivity contribution is 6.46. The minimum absolute atomic E-state index is 0.0154. The molecule has 0 saturated carbocycles. The predicted molar refractivity (Wildman–Crippen MR) is 127 cm³/mol. The number of aliphatic hydroxyl groups excluding tert-OH is 1. The molecule has 0 spiro atoms. The minimum atomic E-state index is -0.820. The Hall–Kier alpha value is -3.78. The number of imidazole rings is 1. The van der Waals surface area contributed by atoms with Crippen molar-refractivity contribution in [1.82, 2.24) is 14.5 Å². The fourth-order valence-electron chi connectivity index (χ4n) is 4.14. The maximum atomic E-state index is 13.2. The van der Waals surface area contributed by atoms with Crippen molar-refractivity contribution in [3.8, 4) is 11.5 Å². The zero-order chi connectivity index (χ0) is 24.2. The number of Topliss-reactive ketones (excluding diaryl/α,β-unsaturated/α-hetero) is 1. The van der Waals surface area contributed by atoms with Gasteiger partial charge in [-0.3, -0.25) is 9.59 Å². The summed E-state index contributed by atoms with van der Waals surface area (Å²) in [6.45, 7) is 0.918. The van der Waals surface area contributed by atoms with Crippen LogP contribution in [0.5, 0.6) is 11.5 Å². The first-order valence-corrected chi connectivity index (χ1v) is 11.0. The monoisotopic (exact) mass is 481 g/mol. The second-order valence-corrected chi connectivity index (χ2v) is 8.15. The van der Waals surface area contributed by atoms with E-state index in [1.165, 1.54) is 25.2 Å². The number of hydrogen-bond donors (Lipinski definition) is 1. The van der Waals surface area contributed by atoms with E-state index >= 15 is 0 Å². The minimum Gasteiger partial charge on any atom is -0.507 e. The van der Waals surface area contributed by atoms with E-state index < -0.39 is 17.7 Å². The van der Waals surface area contributed by atoms with E-state index in [2.05, 4.69) is 4.98 Å². The predicted octanol–water partition coefficient (Wildman–Crippen LogP) is 4.07. The molecule has 0 radical (unpaired) electrons. The molecule has 0 unspecified atom stereocenters. The quantitative estimate of drug-likeness (QED) is 0.296. The number of aryl methyl sites for hydroxylation is 1. The van der Waals surface area contributed by atoms with E-state index in [9.17, 15) is 14.7 Å². The Bertz CT molecular complexity index is 1240. The van der Waals surface area contributed by atoms with Crippen LogP contribution in [-0.2, 0) is 16.1 Å². The molecule has 1 atom stereocenters. The third kappa shape index (κ3) is 4.36. The molecule has 1 fully saturated rings. The number of carbonyl (C=O) groups excluding carboxylic acids is 2. The fraction of sp³-hybridized carbons (Fsp3) is 0.240. The second kappa shape index (κ2) is 10.0. The van der Waals surface area contributed by atoms with Crippen LogP contribution in [0, 0.1) is 0 Å². The second-order valence-electron chi connectivity index (χ2n) is 7.74. The van der Waals surface area contributed by atoms with Gasteiger partial charge >= 0.3 is 0 Å². The molecule has 2 aromatic carbocycles. The van der Waals surface area contributed by atoms with Crippen LogP contribution in [0.1, 0.15) is 23.6 Å². The van der Waals surface area contributed by atoms with E-state index in [0.29, 0.717) is 42.1 Å². The van der Waals surface area contributed by atoms with Crippen molar-refractivity contribution in [3.63, 3.8) is 0 Å². The lowest BCUT2D eigenvalue weighted by atomic mass is 9.94. The van der Waals surface area contributed by atoms with E-state index in [-0.39, 0.29) is 16.4 Å². The number of nitrogens with zero attached hydrogens (tertiary/aromatic N) is 3. The number of aliphatic hydroxyl groups is 1. The highest BCUT2D eigenvalue weighted by Gasteiger charge is 2.46. The molecule has 1 aliphatic heterocycles. The summed E-state index contributed by atoms with van der Waals surface area (Å²) >= 11 is 6.24. The Kier molecular flexibility index (Phi) is 6.88. The number of ether oxygens (including phenoxy) is 2. The van der Waals surface area contributed by atoms with Crippen LogP contribution in [-0.4, -0.2) is 52.0 Å². The van der Waals surface area contributed by atoms with Crippen molar-refractivity contribution in [1.29, 1.82) is 0 Å². The van der Waals surface area contributed by atoms with Gasteiger partial charge < -0.3 is 24.0 Å². The molecule has 1 amide bonds. The number of benzene rings is 2. The number of para-hydroxylation sites is 1. The topological polar surface area (TPSA) is 93.9 Å². The number of rotatable bonds is 8. The van der Waals surface area contributed by atoms with Crippen LogP contribution < -0.4 is 9.47 Å². The van der Waals surface area contributed by atoms with Crippen LogP contribution in [0.2, 0.25) is 5.02 Å². The summed E-state index contributed by atoms with van der Waals surface area (Å²) < 4.78 is 12.6. The van der Waals surface area contributed by atoms with Crippen molar-refractivity contribution in [2.24, 2.45) is 0 Å². The SMILES string of the molecule is COc1ccc(C(O)=C2C(=O)C(=O)N(CCCn3ccnc3)[C@@H]2c2ccccc2OC)cc1Cl. The Morgan fingerprint density at radius 3 is 2.53 bits per heavy atom. The van der Waals surface area contributed by atoms with Crippen LogP contribution in [0.3, 0.4) is 0 Å². The summed E-state index contributed by atoms with van der Waals surface area (Å²) in [4.78, 5) is 31.8. The van der Waals surface area contributed by atoms with Gasteiger partial charge in [0, 0.05) is 36.6 Å². The zero-order valence-electron chi connectivity index (χ0n) is 18.8. The first-order valence-electron chi connectivity index (χ1n) is 10.7. The van der Waals surface area contributed by atoms with E-state index in [0.717, 1.165) is 0 Å². The first-order chi connectivity index (χ1) is 16.5. The summed E-state index contributed by atoms with van der Waals surface area (Å²) in [6.07, 6.45) is 5.79. The van der Waals surface area contributed by atoms with Gasteiger partial charge in [0.2, 0.25) is 0 Å². The molecule has 2 heterocycles. The molecule has 176 valence electrons. The van der Waals surface area contributed by atoms with E-state index in [1.54, 1.807) is 48.9 Å². The molecule has 1 saturated heterocycles. The highest BCUT2D eigenvalue weighted by atomic mass is 35.5. The molecular weight excluding hydrogens is 458 g/mol. The van der Waals surface area contributed by atoms with Crippen molar-refractivity contribution >= 4 is 29.1 Å². The number of amides is 1. The number of likely N-dealkylation sites (tertiary alicyclic amines) is 1. The lowest BCUT2D eigenvalue weighted by molar-refractivity contribution is -0.140. The normalized spacial score (nSPS) is 17.3. The number of ketones is 1. The summed E-state index contributed by atoms with van der Waals surface area (Å²) in [5.74, 6) is -0.811. The van der Waals surface area contributed by atoms with Crippen LogP contribution in [0.4, 0.5) is 0 Å². The average Bonchev–Trinajstić information content (AvgIpc) is 3.45. The van der Waals surface area contributed by atoms with Crippen LogP contribution in [0.15, 0.2) is 66.8 Å². The van der Waals surface area contributed by atoms with Crippen molar-refractivity contribution in [2.75, 3.05) is 20.8 Å². The summed E-state index contributed by atoms with van der Waals surface area (Å²) in [6, 6.07) is 11.0. The molecule has 0 bridgehead atoms. The van der Waals surface area contributed by atoms with E-state index in [4.69, 9.17) is 21.1 Å². The number of carbonyl (C=O) groups is 2. The maximum absolute atomic E-state index is 13.2. The summed E-state index contributed by atoms with van der Waals surface area (Å²) in [5.41, 5.74) is 0.897. The van der Waals surface area contributed by atoms with E-state index in [1.807, 2.05) is 10.8 Å². The summed E-state index contributed by atoms with van der Waals surface area (Å²) in [7, 11) is 3.01. The molecule has 0 aliphatic carbocycles. The number of hydrogen-bond acceptors (Lipinski definition) is 6. The van der Waals surface area contributed by atoms with Crippen LogP contribution >= 0.6 is 11.6 Å². The molecule has 34 heavy (non-hydrogen) atoms. The lowest BCUT2D eigenvalue weighted by Gasteiger charge is -2.26. The van der Waals surface area contributed by atoms with Gasteiger partial charge in [0.15, 0.2) is 0 Å². The molecule has 8 nitrogen and oxygen atoms in total. The Morgan fingerprint density at radius 2 is 1.85 bits per heavy atom. The number of methoxy groups -OCH3 is 2. The van der Waals surface area contributed by atoms with Gasteiger partial charge in [-0.15, -0.1) is 0 Å². The maximum Gasteiger partial charge on any atom is 0.295 e. The van der Waals surface area contributed by atoms with Gasteiger partial charge in [-0.2, -0.15) is 0 Å². The van der Waals surface area contributed by atoms with Gasteiger partial charge in [0.25, 0.3) is 11.7 Å². The smallest absolute Gasteiger partial charge is 0.295 e. The molecule has 9 heteroatoms. The molecular formula is C25H24ClN3O5. The molecule has 3 aromatic rings. The molecule has 1 N–H and O–H groups in total. The Labute approximate surface area is 202 Å². The van der Waals surface area contributed by atoms with Gasteiger partial charge in [-0.25, -0.2) is 4.98 Å². The van der Waals surface area contributed by atoms with Gasteiger partial charge in [-0.05, 0) is 30.7 Å². The lowest BCUT2D eigenvalue weighted by Crippen LogP contribution is -2.31. The number of aromatic nitrogens is 2. The largest absolute Gasteiger partial charge is 0.507 e. The average molecular weight is 482 g/mol. The Balaban J connectivity index is 1.78. The highest BCUT2D eigenvalue weighted by Crippen LogP contribution is 2.43. The van der Waals surface area contributed by atoms with Gasteiger partial charge in [0.05, 0.1) is 37.2 Å². The van der Waals surface area contributed by atoms with Crippen molar-refractivity contribution in [3.05, 3.63) is 82.9 Å². The first kappa shape index (κ1) is 23.4. The van der Waals surface area contributed by atoms with Crippen molar-refractivity contribution in [2.45, 2.75) is 19.0 Å². The molecule has 1 aliphatic rings. The zero-order valence-corrected chi connectivity index (χ0v) is 19.5. The summed E-state index contributed by atoms with van der Waals surface area (Å²) in [5, 5.41) is 11.5. The third-order valence-electron chi connectivity index (χ3n) is 5.77. The standard InChI is InChI=1S/C25H24ClN3O5/c1-33-19-7-4-3-6-17(19)22-21(23(30)16-8-9-20(34-2)18(26)14-16)24(31)25(32)29(22)12-5-11-28-13-10-27-15-28/h3-4,6-10,13-15,22,30H,5,11-12H2,1-2H3/t22-/m1/s1. The fourth-order valence-corrected chi connectivity index (χ4v) is 4.40.